The van der Waals surface area contributed by atoms with Crippen LogP contribution in [0.25, 0.3) is 0 Å². The molecule has 13 heavy (non-hydrogen) atoms. The molecule has 0 aromatic carbocycles. The van der Waals surface area contributed by atoms with Gasteiger partial charge in [-0.2, -0.15) is 0 Å². The average Bonchev–Trinajstić information content (AvgIpc) is 2.49. The summed E-state index contributed by atoms with van der Waals surface area (Å²) in [6, 6.07) is 0. The summed E-state index contributed by atoms with van der Waals surface area (Å²) in [6.07, 6.45) is 6.02. The van der Waals surface area contributed by atoms with Crippen molar-refractivity contribution >= 4 is 18.3 Å². The number of primary amides is 1. The number of halogens is 1. The highest BCUT2D eigenvalue weighted by atomic mass is 35.5. The van der Waals surface area contributed by atoms with Crippen LogP contribution in [0.4, 0.5) is 0 Å². The van der Waals surface area contributed by atoms with Crippen LogP contribution in [0.2, 0.25) is 0 Å². The van der Waals surface area contributed by atoms with Gasteiger partial charge in [0.05, 0.1) is 5.57 Å². The molecule has 0 radical (unpaired) electrons. The molecule has 2 aliphatic rings. The SMILES string of the molecule is Cl.NC(=O)C1=C2NCCC2CC=C1. The van der Waals surface area contributed by atoms with Gasteiger partial charge >= 0.3 is 0 Å². The largest absolute Gasteiger partial charge is 0.387 e. The lowest BCUT2D eigenvalue weighted by atomic mass is 9.92. The zero-order valence-corrected chi connectivity index (χ0v) is 8.06. The molecular formula is C9H13ClN2O. The summed E-state index contributed by atoms with van der Waals surface area (Å²) in [5, 5.41) is 3.22. The first kappa shape index (κ1) is 10.1. The number of nitrogens with two attached hydrogens (primary N) is 1. The standard InChI is InChI=1S/C9H12N2O.ClH/c10-9(12)7-3-1-2-6-4-5-11-8(6)7;/h1,3,6,11H,2,4-5H2,(H2,10,12);1H. The van der Waals surface area contributed by atoms with E-state index in [9.17, 15) is 4.79 Å². The van der Waals surface area contributed by atoms with Crippen LogP contribution in [0.15, 0.2) is 23.4 Å². The molecule has 2 rings (SSSR count). The Balaban J connectivity index is 0.000000845. The van der Waals surface area contributed by atoms with Crippen LogP contribution in [-0.4, -0.2) is 12.5 Å². The van der Waals surface area contributed by atoms with Crippen molar-refractivity contribution in [2.45, 2.75) is 12.8 Å². The van der Waals surface area contributed by atoms with E-state index in [1.807, 2.05) is 12.2 Å². The summed E-state index contributed by atoms with van der Waals surface area (Å²) in [5.41, 5.74) is 6.97. The van der Waals surface area contributed by atoms with E-state index in [0.29, 0.717) is 11.5 Å². The molecule has 1 atom stereocenters. The van der Waals surface area contributed by atoms with Crippen LogP contribution >= 0.6 is 12.4 Å². The lowest BCUT2D eigenvalue weighted by molar-refractivity contribution is -0.114. The van der Waals surface area contributed by atoms with Crippen molar-refractivity contribution in [3.05, 3.63) is 23.4 Å². The van der Waals surface area contributed by atoms with Gasteiger partial charge in [0.15, 0.2) is 0 Å². The minimum absolute atomic E-state index is 0. The third-order valence-electron chi connectivity index (χ3n) is 2.48. The molecule has 3 nitrogen and oxygen atoms in total. The van der Waals surface area contributed by atoms with E-state index >= 15 is 0 Å². The zero-order chi connectivity index (χ0) is 8.55. The van der Waals surface area contributed by atoms with E-state index in [4.69, 9.17) is 5.73 Å². The monoisotopic (exact) mass is 200 g/mol. The zero-order valence-electron chi connectivity index (χ0n) is 7.25. The maximum Gasteiger partial charge on any atom is 0.250 e. The van der Waals surface area contributed by atoms with Crippen molar-refractivity contribution in [2.24, 2.45) is 11.7 Å². The number of fused-ring (bicyclic) bond motifs is 1. The van der Waals surface area contributed by atoms with Crippen molar-refractivity contribution in [3.63, 3.8) is 0 Å². The molecule has 0 saturated carbocycles. The summed E-state index contributed by atoms with van der Waals surface area (Å²) in [5.74, 6) is 0.192. The van der Waals surface area contributed by atoms with Crippen LogP contribution in [0.3, 0.4) is 0 Å². The number of rotatable bonds is 1. The fraction of sp³-hybridized carbons (Fsp3) is 0.444. The number of carbonyl (C=O) groups is 1. The van der Waals surface area contributed by atoms with Gasteiger partial charge in [-0.05, 0) is 12.8 Å². The summed E-state index contributed by atoms with van der Waals surface area (Å²) >= 11 is 0. The fourth-order valence-electron chi connectivity index (χ4n) is 1.88. The van der Waals surface area contributed by atoms with Gasteiger partial charge in [-0.1, -0.05) is 12.2 Å². The smallest absolute Gasteiger partial charge is 0.250 e. The topological polar surface area (TPSA) is 55.1 Å². The van der Waals surface area contributed by atoms with E-state index in [1.54, 1.807) is 0 Å². The Morgan fingerprint density at radius 1 is 1.62 bits per heavy atom. The number of allylic oxidation sites excluding steroid dienone is 2. The van der Waals surface area contributed by atoms with Crippen molar-refractivity contribution in [2.75, 3.05) is 6.54 Å². The van der Waals surface area contributed by atoms with Crippen LogP contribution in [0.5, 0.6) is 0 Å². The molecule has 1 saturated heterocycles. The molecule has 0 spiro atoms. The molecule has 1 unspecified atom stereocenters. The maximum atomic E-state index is 11.0. The number of nitrogens with one attached hydrogen (secondary N) is 1. The first-order valence-electron chi connectivity index (χ1n) is 4.23. The third-order valence-corrected chi connectivity index (χ3v) is 2.48. The molecule has 1 aliphatic carbocycles. The summed E-state index contributed by atoms with van der Waals surface area (Å²) in [4.78, 5) is 11.0. The van der Waals surface area contributed by atoms with Gasteiger partial charge < -0.3 is 11.1 Å². The second-order valence-corrected chi connectivity index (χ2v) is 3.24. The van der Waals surface area contributed by atoms with Gasteiger partial charge in [0.2, 0.25) is 5.91 Å². The number of hydrogen-bond donors (Lipinski definition) is 2. The van der Waals surface area contributed by atoms with Gasteiger partial charge in [-0.15, -0.1) is 12.4 Å². The summed E-state index contributed by atoms with van der Waals surface area (Å²) in [7, 11) is 0. The van der Waals surface area contributed by atoms with Crippen LogP contribution in [0.1, 0.15) is 12.8 Å². The first-order chi connectivity index (χ1) is 5.79. The number of carbonyl (C=O) groups excluding carboxylic acids is 1. The van der Waals surface area contributed by atoms with Crippen LogP contribution < -0.4 is 11.1 Å². The van der Waals surface area contributed by atoms with Crippen molar-refractivity contribution in [1.82, 2.24) is 5.32 Å². The Bertz CT molecular complexity index is 283. The highest BCUT2D eigenvalue weighted by molar-refractivity contribution is 5.96. The highest BCUT2D eigenvalue weighted by Gasteiger charge is 2.26. The van der Waals surface area contributed by atoms with E-state index in [1.165, 1.54) is 0 Å². The summed E-state index contributed by atoms with van der Waals surface area (Å²) < 4.78 is 0. The second-order valence-electron chi connectivity index (χ2n) is 3.24. The molecule has 3 N–H and O–H groups in total. The lowest BCUT2D eigenvalue weighted by Gasteiger charge is -2.15. The molecule has 1 heterocycles. The molecule has 0 bridgehead atoms. The van der Waals surface area contributed by atoms with Crippen LogP contribution in [-0.2, 0) is 4.79 Å². The van der Waals surface area contributed by atoms with Crippen molar-refractivity contribution < 1.29 is 4.79 Å². The van der Waals surface area contributed by atoms with E-state index in [-0.39, 0.29) is 18.3 Å². The second kappa shape index (κ2) is 3.83. The van der Waals surface area contributed by atoms with Gasteiger partial charge in [0.1, 0.15) is 0 Å². The molecule has 1 fully saturated rings. The van der Waals surface area contributed by atoms with Crippen molar-refractivity contribution in [1.29, 1.82) is 0 Å². The quantitative estimate of drug-likeness (QED) is 0.656. The Morgan fingerprint density at radius 3 is 3.08 bits per heavy atom. The Hall–Kier alpha value is -0.960. The van der Waals surface area contributed by atoms with E-state index in [0.717, 1.165) is 25.1 Å². The van der Waals surface area contributed by atoms with E-state index < -0.39 is 0 Å². The first-order valence-corrected chi connectivity index (χ1v) is 4.23. The van der Waals surface area contributed by atoms with Crippen molar-refractivity contribution in [3.8, 4) is 0 Å². The predicted octanol–water partition coefficient (Wildman–Crippen LogP) is 0.717. The van der Waals surface area contributed by atoms with Gasteiger partial charge in [-0.25, -0.2) is 0 Å². The van der Waals surface area contributed by atoms with Crippen LogP contribution in [0, 0.1) is 5.92 Å². The molecule has 72 valence electrons. The fourth-order valence-corrected chi connectivity index (χ4v) is 1.88. The molecule has 0 aromatic rings. The Kier molecular flexibility index (Phi) is 2.98. The Labute approximate surface area is 83.5 Å². The normalized spacial score (nSPS) is 24.8. The molecule has 4 heteroatoms. The average molecular weight is 201 g/mol. The number of hydrogen-bond acceptors (Lipinski definition) is 2. The predicted molar refractivity (Wildman–Crippen MR) is 53.3 cm³/mol. The van der Waals surface area contributed by atoms with Gasteiger partial charge in [0, 0.05) is 18.2 Å². The third kappa shape index (κ3) is 1.70. The minimum Gasteiger partial charge on any atom is -0.387 e. The number of amides is 1. The molecule has 1 aliphatic heterocycles. The van der Waals surface area contributed by atoms with Gasteiger partial charge in [-0.3, -0.25) is 4.79 Å². The molecular weight excluding hydrogens is 188 g/mol. The maximum absolute atomic E-state index is 11.0. The summed E-state index contributed by atoms with van der Waals surface area (Å²) in [6.45, 7) is 0.971. The lowest BCUT2D eigenvalue weighted by Crippen LogP contribution is -2.21. The molecule has 1 amide bonds. The highest BCUT2D eigenvalue weighted by Crippen LogP contribution is 2.29. The van der Waals surface area contributed by atoms with E-state index in [2.05, 4.69) is 5.32 Å². The Morgan fingerprint density at radius 2 is 2.38 bits per heavy atom. The van der Waals surface area contributed by atoms with Gasteiger partial charge in [0.25, 0.3) is 0 Å². The minimum atomic E-state index is -0.319. The molecule has 0 aromatic heterocycles.